The molecule has 2 aliphatic heterocycles. The van der Waals surface area contributed by atoms with Crippen molar-refractivity contribution < 1.29 is 18.9 Å². The number of ether oxygens (including phenoxy) is 4. The maximum atomic E-state index is 6.38. The van der Waals surface area contributed by atoms with E-state index in [1.54, 1.807) is 0 Å². The zero-order valence-electron chi connectivity index (χ0n) is 18.3. The number of hydrogen-bond donors (Lipinski definition) is 0. The lowest BCUT2D eigenvalue weighted by molar-refractivity contribution is -0.173. The zero-order valence-corrected chi connectivity index (χ0v) is 18.3. The summed E-state index contributed by atoms with van der Waals surface area (Å²) in [5.74, 6) is 0.894. The summed E-state index contributed by atoms with van der Waals surface area (Å²) in [5, 5.41) is 0. The number of rotatable bonds is 7. The van der Waals surface area contributed by atoms with Gasteiger partial charge in [0.1, 0.15) is 18.0 Å². The molecule has 0 radical (unpaired) electrons. The lowest BCUT2D eigenvalue weighted by atomic mass is 9.95. The van der Waals surface area contributed by atoms with Crippen molar-refractivity contribution in [2.45, 2.75) is 45.1 Å². The lowest BCUT2D eigenvalue weighted by Crippen LogP contribution is -2.45. The van der Waals surface area contributed by atoms with Gasteiger partial charge in [0.15, 0.2) is 0 Å². The largest absolute Gasteiger partial charge is 0.461 e. The third kappa shape index (κ3) is 4.94. The third-order valence-electron chi connectivity index (χ3n) is 5.87. The van der Waals surface area contributed by atoms with Gasteiger partial charge in [-0.15, -0.1) is 0 Å². The third-order valence-corrected chi connectivity index (χ3v) is 5.87. The van der Waals surface area contributed by atoms with E-state index in [4.69, 9.17) is 18.9 Å². The van der Waals surface area contributed by atoms with Crippen LogP contribution < -0.4 is 4.74 Å². The second-order valence-electron chi connectivity index (χ2n) is 8.42. The number of benzene rings is 3. The molecule has 2 heterocycles. The van der Waals surface area contributed by atoms with Gasteiger partial charge in [0.25, 0.3) is 0 Å². The maximum absolute atomic E-state index is 6.38. The Hall–Kier alpha value is -2.92. The molecule has 0 spiro atoms. The van der Waals surface area contributed by atoms with E-state index < -0.39 is 6.29 Å². The molecule has 0 fully saturated rings. The minimum absolute atomic E-state index is 0.202. The normalized spacial score (nSPS) is 21.8. The Bertz CT molecular complexity index is 1060. The Morgan fingerprint density at radius 1 is 0.875 bits per heavy atom. The molecule has 2 aliphatic rings. The fourth-order valence-electron chi connectivity index (χ4n) is 4.19. The van der Waals surface area contributed by atoms with Gasteiger partial charge in [0.2, 0.25) is 6.29 Å². The fourth-order valence-corrected chi connectivity index (χ4v) is 4.19. The van der Waals surface area contributed by atoms with Crippen molar-refractivity contribution in [3.8, 4) is 5.75 Å². The van der Waals surface area contributed by atoms with Crippen molar-refractivity contribution in [2.24, 2.45) is 0 Å². The van der Waals surface area contributed by atoms with E-state index in [9.17, 15) is 0 Å². The van der Waals surface area contributed by atoms with Crippen molar-refractivity contribution in [1.29, 1.82) is 0 Å². The summed E-state index contributed by atoms with van der Waals surface area (Å²) >= 11 is 0. The summed E-state index contributed by atoms with van der Waals surface area (Å²) in [5.41, 5.74) is 5.81. The molecule has 3 aromatic carbocycles. The van der Waals surface area contributed by atoms with Crippen LogP contribution in [0.3, 0.4) is 0 Å². The summed E-state index contributed by atoms with van der Waals surface area (Å²) in [6, 6.07) is 26.7. The number of aryl methyl sites for hydroxylation is 1. The highest BCUT2D eigenvalue weighted by molar-refractivity contribution is 5.43. The van der Waals surface area contributed by atoms with E-state index >= 15 is 0 Å². The van der Waals surface area contributed by atoms with E-state index in [-0.39, 0.29) is 12.2 Å². The summed E-state index contributed by atoms with van der Waals surface area (Å²) < 4.78 is 24.9. The minimum atomic E-state index is -0.396. The van der Waals surface area contributed by atoms with E-state index in [1.807, 2.05) is 42.5 Å². The van der Waals surface area contributed by atoms with Gasteiger partial charge in [-0.25, -0.2) is 0 Å². The Labute approximate surface area is 189 Å². The Kier molecular flexibility index (Phi) is 6.35. The van der Waals surface area contributed by atoms with Gasteiger partial charge in [0, 0.05) is 12.0 Å². The van der Waals surface area contributed by atoms with Crippen LogP contribution in [0.1, 0.15) is 22.3 Å². The highest BCUT2D eigenvalue weighted by Gasteiger charge is 2.36. The number of hydrogen-bond acceptors (Lipinski definition) is 4. The average Bonchev–Trinajstić information content (AvgIpc) is 2.83. The van der Waals surface area contributed by atoms with Crippen molar-refractivity contribution >= 4 is 0 Å². The molecule has 4 heteroatoms. The Morgan fingerprint density at radius 3 is 2.34 bits per heavy atom. The molecule has 4 nitrogen and oxygen atoms in total. The van der Waals surface area contributed by atoms with Crippen LogP contribution in [0, 0.1) is 6.92 Å². The summed E-state index contributed by atoms with van der Waals surface area (Å²) in [6.45, 7) is 3.59. The SMILES string of the molecule is Cc1ccc2c(c1)CC1=C[C@@H](OCc3ccccc3)[C@@H](COCc3ccccc3)O[C@H]1O2. The molecule has 0 aliphatic carbocycles. The van der Waals surface area contributed by atoms with Crippen molar-refractivity contribution in [3.63, 3.8) is 0 Å². The van der Waals surface area contributed by atoms with Crippen LogP contribution in [0.4, 0.5) is 0 Å². The molecule has 3 atom stereocenters. The molecular weight excluding hydrogens is 400 g/mol. The average molecular weight is 429 g/mol. The van der Waals surface area contributed by atoms with Crippen LogP contribution in [-0.4, -0.2) is 25.1 Å². The predicted octanol–water partition coefficient (Wildman–Crippen LogP) is 5.38. The summed E-state index contributed by atoms with van der Waals surface area (Å²) in [4.78, 5) is 0. The van der Waals surface area contributed by atoms with Gasteiger partial charge >= 0.3 is 0 Å². The zero-order chi connectivity index (χ0) is 21.8. The first-order valence-electron chi connectivity index (χ1n) is 11.1. The molecule has 3 aromatic rings. The smallest absolute Gasteiger partial charge is 0.223 e. The fraction of sp³-hybridized carbons (Fsp3) is 0.286. The van der Waals surface area contributed by atoms with Crippen LogP contribution in [0.5, 0.6) is 5.75 Å². The first-order chi connectivity index (χ1) is 15.7. The number of fused-ring (bicyclic) bond motifs is 2. The first-order valence-corrected chi connectivity index (χ1v) is 11.1. The molecule has 0 bridgehead atoms. The van der Waals surface area contributed by atoms with Gasteiger partial charge in [-0.05, 0) is 35.8 Å². The van der Waals surface area contributed by atoms with Gasteiger partial charge < -0.3 is 18.9 Å². The summed E-state index contributed by atoms with van der Waals surface area (Å²) in [7, 11) is 0. The second-order valence-corrected chi connectivity index (χ2v) is 8.42. The van der Waals surface area contributed by atoms with E-state index in [2.05, 4.69) is 49.4 Å². The van der Waals surface area contributed by atoms with Crippen LogP contribution in [0.25, 0.3) is 0 Å². The van der Waals surface area contributed by atoms with Gasteiger partial charge in [-0.2, -0.15) is 0 Å². The molecular formula is C28H28O4. The molecule has 0 saturated heterocycles. The molecule has 32 heavy (non-hydrogen) atoms. The van der Waals surface area contributed by atoms with Crippen LogP contribution in [0.15, 0.2) is 90.5 Å². The van der Waals surface area contributed by atoms with Gasteiger partial charge in [0.05, 0.1) is 19.8 Å². The van der Waals surface area contributed by atoms with E-state index in [0.717, 1.165) is 28.9 Å². The molecule has 5 rings (SSSR count). The summed E-state index contributed by atoms with van der Waals surface area (Å²) in [6.07, 6.45) is 2.14. The highest BCUT2D eigenvalue weighted by Crippen LogP contribution is 2.35. The molecule has 0 unspecified atom stereocenters. The molecule has 0 aromatic heterocycles. The monoisotopic (exact) mass is 428 g/mol. The van der Waals surface area contributed by atoms with Gasteiger partial charge in [-0.3, -0.25) is 0 Å². The van der Waals surface area contributed by atoms with Crippen LogP contribution in [0.2, 0.25) is 0 Å². The highest BCUT2D eigenvalue weighted by atomic mass is 16.7. The van der Waals surface area contributed by atoms with E-state index in [0.29, 0.717) is 19.8 Å². The van der Waals surface area contributed by atoms with Crippen LogP contribution in [-0.2, 0) is 33.8 Å². The first kappa shape index (κ1) is 21.0. The standard InChI is InChI=1S/C28H28O4/c1-20-12-13-25-23(14-20)15-24-16-26(30-18-22-10-6-3-7-11-22)27(32-28(24)31-25)19-29-17-21-8-4-2-5-9-21/h2-14,16,26-28H,15,17-19H2,1H3/t26-,27-,28-/m1/s1. The topological polar surface area (TPSA) is 36.9 Å². The van der Waals surface area contributed by atoms with Crippen LogP contribution >= 0.6 is 0 Å². The molecule has 0 amide bonds. The van der Waals surface area contributed by atoms with Crippen molar-refractivity contribution in [2.75, 3.05) is 6.61 Å². The maximum Gasteiger partial charge on any atom is 0.223 e. The molecule has 0 N–H and O–H groups in total. The molecule has 164 valence electrons. The quantitative estimate of drug-likeness (QED) is 0.473. The second kappa shape index (κ2) is 9.70. The van der Waals surface area contributed by atoms with Crippen molar-refractivity contribution in [1.82, 2.24) is 0 Å². The minimum Gasteiger partial charge on any atom is -0.461 e. The predicted molar refractivity (Wildman–Crippen MR) is 123 cm³/mol. The molecule has 0 saturated carbocycles. The Balaban J connectivity index is 1.31. The lowest BCUT2D eigenvalue weighted by Gasteiger charge is -2.38. The van der Waals surface area contributed by atoms with E-state index in [1.165, 1.54) is 11.1 Å². The Morgan fingerprint density at radius 2 is 1.59 bits per heavy atom. The van der Waals surface area contributed by atoms with Crippen molar-refractivity contribution in [3.05, 3.63) is 113 Å². The van der Waals surface area contributed by atoms with Gasteiger partial charge in [-0.1, -0.05) is 78.4 Å².